The summed E-state index contributed by atoms with van der Waals surface area (Å²) in [6.45, 7) is 0. The van der Waals surface area contributed by atoms with Crippen LogP contribution in [-0.4, -0.2) is 4.01 Å². The predicted octanol–water partition coefficient (Wildman–Crippen LogP) is 2.79. The Labute approximate surface area is 102 Å². The van der Waals surface area contributed by atoms with E-state index in [1.54, 1.807) is 0 Å². The van der Waals surface area contributed by atoms with E-state index in [2.05, 4.69) is 18.2 Å². The summed E-state index contributed by atoms with van der Waals surface area (Å²) < 4.78 is -0.411. The molecule has 2 unspecified atom stereocenters. The second kappa shape index (κ2) is 4.64. The Morgan fingerprint density at radius 1 is 1.20 bits per heavy atom. The van der Waals surface area contributed by atoms with Gasteiger partial charge in [-0.3, -0.25) is 0 Å². The Bertz CT molecular complexity index is 388. The summed E-state index contributed by atoms with van der Waals surface area (Å²) in [5, 5.41) is 0. The van der Waals surface area contributed by atoms with Gasteiger partial charge in [0.05, 0.1) is 0 Å². The first-order valence-corrected chi connectivity index (χ1v) is 7.46. The van der Waals surface area contributed by atoms with Gasteiger partial charge in [-0.05, 0) is 0 Å². The average molecular weight is 312 g/mol. The fourth-order valence-electron chi connectivity index (χ4n) is 1.69. The molecular formula is C12H12ClNPd. The van der Waals surface area contributed by atoms with Crippen LogP contribution in [-0.2, 0) is 17.0 Å². The van der Waals surface area contributed by atoms with E-state index >= 15 is 0 Å². The van der Waals surface area contributed by atoms with E-state index in [-0.39, 0.29) is 22.9 Å². The molecule has 0 amide bonds. The number of nitrogens with two attached hydrogens (primary N) is 1. The van der Waals surface area contributed by atoms with Crippen LogP contribution in [0.5, 0.6) is 0 Å². The van der Waals surface area contributed by atoms with Gasteiger partial charge < -0.3 is 0 Å². The molecule has 2 rings (SSSR count). The van der Waals surface area contributed by atoms with Crippen molar-refractivity contribution in [3.8, 4) is 0 Å². The zero-order chi connectivity index (χ0) is 10.7. The van der Waals surface area contributed by atoms with Gasteiger partial charge in [0.25, 0.3) is 0 Å². The Morgan fingerprint density at radius 2 is 1.93 bits per heavy atom. The van der Waals surface area contributed by atoms with Gasteiger partial charge in [0.2, 0.25) is 0 Å². The molecule has 2 atom stereocenters. The second-order valence-electron chi connectivity index (χ2n) is 3.47. The molecular weight excluding hydrogens is 300 g/mol. The first-order valence-electron chi connectivity index (χ1n) is 4.68. The Kier molecular flexibility index (Phi) is 3.43. The second-order valence-corrected chi connectivity index (χ2v) is 5.81. The third-order valence-corrected chi connectivity index (χ3v) is 4.95. The molecule has 1 nitrogen and oxygen atoms in total. The van der Waals surface area contributed by atoms with Crippen molar-refractivity contribution in [3.63, 3.8) is 0 Å². The number of halogens is 1. The van der Waals surface area contributed by atoms with Crippen LogP contribution < -0.4 is 5.73 Å². The molecule has 0 spiro atoms. The van der Waals surface area contributed by atoms with Crippen LogP contribution >= 0.6 is 9.53 Å². The minimum atomic E-state index is -0.411. The van der Waals surface area contributed by atoms with Crippen molar-refractivity contribution >= 4 is 9.53 Å². The van der Waals surface area contributed by atoms with Gasteiger partial charge in [-0.2, -0.15) is 0 Å². The molecule has 1 aliphatic carbocycles. The zero-order valence-electron chi connectivity index (χ0n) is 8.05. The first-order chi connectivity index (χ1) is 7.26. The molecule has 0 heterocycles. The molecule has 0 radical (unpaired) electrons. The van der Waals surface area contributed by atoms with Gasteiger partial charge in [0, 0.05) is 0 Å². The number of hydrogen-bond donors (Lipinski definition) is 1. The van der Waals surface area contributed by atoms with E-state index in [1.807, 2.05) is 36.4 Å². The normalized spacial score (nSPS) is 29.6. The fourth-order valence-corrected chi connectivity index (χ4v) is 3.21. The summed E-state index contributed by atoms with van der Waals surface area (Å²) in [4.78, 5) is 0. The van der Waals surface area contributed by atoms with Crippen LogP contribution in [0.25, 0.3) is 0 Å². The van der Waals surface area contributed by atoms with Gasteiger partial charge in [-0.1, -0.05) is 0 Å². The summed E-state index contributed by atoms with van der Waals surface area (Å²) in [5.74, 6) is 0.190. The Balaban J connectivity index is 2.36. The topological polar surface area (TPSA) is 26.0 Å². The summed E-state index contributed by atoms with van der Waals surface area (Å²) in [7, 11) is 6.01. The van der Waals surface area contributed by atoms with Gasteiger partial charge in [0.1, 0.15) is 0 Å². The molecule has 3 heteroatoms. The Hall–Kier alpha value is -0.388. The van der Waals surface area contributed by atoms with E-state index in [1.165, 1.54) is 5.56 Å². The summed E-state index contributed by atoms with van der Waals surface area (Å²) in [6, 6.07) is 10.3. The van der Waals surface area contributed by atoms with Crippen molar-refractivity contribution in [1.82, 2.24) is 0 Å². The van der Waals surface area contributed by atoms with E-state index < -0.39 is 4.01 Å². The molecule has 1 aromatic carbocycles. The van der Waals surface area contributed by atoms with E-state index in [9.17, 15) is 0 Å². The van der Waals surface area contributed by atoms with Gasteiger partial charge >= 0.3 is 102 Å². The van der Waals surface area contributed by atoms with Gasteiger partial charge in [-0.25, -0.2) is 0 Å². The van der Waals surface area contributed by atoms with Crippen molar-refractivity contribution in [1.29, 1.82) is 0 Å². The van der Waals surface area contributed by atoms with E-state index in [4.69, 9.17) is 15.3 Å². The van der Waals surface area contributed by atoms with Crippen molar-refractivity contribution in [2.24, 2.45) is 5.73 Å². The van der Waals surface area contributed by atoms with Crippen molar-refractivity contribution in [2.75, 3.05) is 0 Å². The van der Waals surface area contributed by atoms with Crippen LogP contribution in [0.2, 0.25) is 0 Å². The first kappa shape index (κ1) is 11.1. The van der Waals surface area contributed by atoms with Crippen molar-refractivity contribution in [2.45, 2.75) is 9.93 Å². The predicted molar refractivity (Wildman–Crippen MR) is 60.2 cm³/mol. The molecule has 0 fully saturated rings. The van der Waals surface area contributed by atoms with E-state index in [0.29, 0.717) is 0 Å². The van der Waals surface area contributed by atoms with Gasteiger partial charge in [-0.15, -0.1) is 0 Å². The minimum absolute atomic E-state index is 0.0194. The molecule has 0 saturated heterocycles. The van der Waals surface area contributed by atoms with Crippen molar-refractivity contribution < 1.29 is 17.0 Å². The Morgan fingerprint density at radius 3 is 2.60 bits per heavy atom. The van der Waals surface area contributed by atoms with Crippen LogP contribution in [0.1, 0.15) is 11.5 Å². The zero-order valence-corrected chi connectivity index (χ0v) is 10.4. The average Bonchev–Trinajstić information content (AvgIpc) is 2.31. The molecule has 0 aliphatic heterocycles. The summed E-state index contributed by atoms with van der Waals surface area (Å²) >= 11 is -0.0194. The van der Waals surface area contributed by atoms with Crippen LogP contribution in [0.4, 0.5) is 0 Å². The molecule has 0 aromatic heterocycles. The standard InChI is InChI=1S/C12H12N.ClH.Pd/c13-12-9-5-4-8-11(12)10-6-2-1-3-7-10;;/h1-9,11H,13H2;1H;/q;;+1/p-1. The molecule has 1 aliphatic rings. The molecule has 0 saturated carbocycles. The molecule has 1 aromatic rings. The van der Waals surface area contributed by atoms with Crippen LogP contribution in [0.15, 0.2) is 54.6 Å². The maximum atomic E-state index is 6.29. The van der Waals surface area contributed by atoms with E-state index in [0.717, 1.165) is 0 Å². The fraction of sp³-hybridized carbons (Fsp3) is 0.167. The monoisotopic (exact) mass is 311 g/mol. The third kappa shape index (κ3) is 2.24. The third-order valence-electron chi connectivity index (χ3n) is 2.48. The molecule has 0 bridgehead atoms. The summed E-state index contributed by atoms with van der Waals surface area (Å²) in [6.07, 6.45) is 8.13. The maximum absolute atomic E-state index is 6.29. The molecule has 82 valence electrons. The molecule has 15 heavy (non-hydrogen) atoms. The molecule has 2 N–H and O–H groups in total. The number of allylic oxidation sites excluding steroid dienone is 2. The SMILES string of the molecule is N[C]1([Pd][Cl])C=CC=CC1c1ccccc1. The number of rotatable bonds is 2. The van der Waals surface area contributed by atoms with Crippen LogP contribution in [0.3, 0.4) is 0 Å². The van der Waals surface area contributed by atoms with Crippen LogP contribution in [0, 0.1) is 0 Å². The summed E-state index contributed by atoms with van der Waals surface area (Å²) in [5.41, 5.74) is 7.51. The number of hydrogen-bond acceptors (Lipinski definition) is 1. The number of benzene rings is 1. The van der Waals surface area contributed by atoms with Gasteiger partial charge in [0.15, 0.2) is 0 Å². The quantitative estimate of drug-likeness (QED) is 0.835. The van der Waals surface area contributed by atoms with Crippen molar-refractivity contribution in [3.05, 3.63) is 60.2 Å².